The van der Waals surface area contributed by atoms with Crippen molar-refractivity contribution < 1.29 is 9.13 Å². The van der Waals surface area contributed by atoms with Crippen LogP contribution in [0.4, 0.5) is 15.9 Å². The Morgan fingerprint density at radius 2 is 2.09 bits per heavy atom. The summed E-state index contributed by atoms with van der Waals surface area (Å²) in [6.45, 7) is 0.776. The molecule has 4 aromatic rings. The number of nitrogens with one attached hydrogen (secondary N) is 2. The summed E-state index contributed by atoms with van der Waals surface area (Å²) in [6.07, 6.45) is 4.68. The molecule has 11 heteroatoms. The zero-order valence-electron chi connectivity index (χ0n) is 17.7. The molecule has 1 aromatic carbocycles. The van der Waals surface area contributed by atoms with E-state index in [0.717, 1.165) is 30.3 Å². The average molecular weight is 445 g/mol. The van der Waals surface area contributed by atoms with Crippen LogP contribution in [0.1, 0.15) is 18.7 Å². The number of rotatable bonds is 4. The highest BCUT2D eigenvalue weighted by Crippen LogP contribution is 2.44. The van der Waals surface area contributed by atoms with Gasteiger partial charge in [0.25, 0.3) is 0 Å². The zero-order valence-corrected chi connectivity index (χ0v) is 17.7. The standard InChI is InChI=1S/C22H20FN9O/c1-26-16-4-11(23)3-14-18-20(29-19(14)16)30-22(33-13-7-27-17(6-24)28-8-13)31-21(18)32-9-10-2-12(32)5-15(10)25/h3-4,7-8,10,12,15,26H,2,5,9,25H2,1H3,(H,29,30,31)/t10-,12-,15-/m1/s1. The Labute approximate surface area is 187 Å². The van der Waals surface area contributed by atoms with Crippen molar-refractivity contribution in [3.8, 4) is 17.8 Å². The quantitative estimate of drug-likeness (QED) is 0.432. The Hall–Kier alpha value is -4.04. The van der Waals surface area contributed by atoms with Gasteiger partial charge < -0.3 is 25.7 Å². The monoisotopic (exact) mass is 445 g/mol. The molecule has 0 radical (unpaired) electrons. The van der Waals surface area contributed by atoms with Gasteiger partial charge in [-0.15, -0.1) is 0 Å². The maximum atomic E-state index is 14.4. The van der Waals surface area contributed by atoms with E-state index in [1.807, 2.05) is 6.07 Å². The maximum Gasteiger partial charge on any atom is 0.326 e. The van der Waals surface area contributed by atoms with E-state index in [1.54, 1.807) is 7.05 Å². The Balaban J connectivity index is 1.53. The first kappa shape index (κ1) is 19.6. The van der Waals surface area contributed by atoms with Gasteiger partial charge in [-0.3, -0.25) is 0 Å². The van der Waals surface area contributed by atoms with Gasteiger partial charge in [0.1, 0.15) is 23.4 Å². The van der Waals surface area contributed by atoms with Crippen LogP contribution >= 0.6 is 0 Å². The summed E-state index contributed by atoms with van der Waals surface area (Å²) < 4.78 is 20.3. The summed E-state index contributed by atoms with van der Waals surface area (Å²) in [7, 11) is 1.74. The van der Waals surface area contributed by atoms with Crippen molar-refractivity contribution in [2.45, 2.75) is 24.9 Å². The lowest BCUT2D eigenvalue weighted by Gasteiger charge is -2.31. The SMILES string of the molecule is CNc1cc(F)cc2c1[nH]c1nc(Oc3cnc(C#N)nc3)nc(N3C[C@H]4C[C@@H]3C[C@H]4N)c12. The van der Waals surface area contributed by atoms with Gasteiger partial charge >= 0.3 is 6.01 Å². The Kier molecular flexibility index (Phi) is 4.31. The molecule has 0 unspecified atom stereocenters. The molecule has 0 amide bonds. The molecule has 2 fully saturated rings. The second kappa shape index (κ2) is 7.25. The summed E-state index contributed by atoms with van der Waals surface area (Å²) in [5.74, 6) is 1.08. The second-order valence-corrected chi connectivity index (χ2v) is 8.46. The van der Waals surface area contributed by atoms with Crippen LogP contribution in [0.15, 0.2) is 24.5 Å². The smallest absolute Gasteiger partial charge is 0.326 e. The van der Waals surface area contributed by atoms with Gasteiger partial charge in [-0.1, -0.05) is 0 Å². The number of fused-ring (bicyclic) bond motifs is 5. The van der Waals surface area contributed by atoms with E-state index in [0.29, 0.717) is 34.2 Å². The van der Waals surface area contributed by atoms with Crippen LogP contribution in [-0.4, -0.2) is 50.6 Å². The van der Waals surface area contributed by atoms with E-state index < -0.39 is 0 Å². The van der Waals surface area contributed by atoms with Gasteiger partial charge in [0.05, 0.1) is 29.0 Å². The molecule has 33 heavy (non-hydrogen) atoms. The molecule has 166 valence electrons. The third kappa shape index (κ3) is 3.10. The van der Waals surface area contributed by atoms with Gasteiger partial charge in [0.15, 0.2) is 5.75 Å². The molecule has 1 aliphatic carbocycles. The lowest BCUT2D eigenvalue weighted by atomic mass is 10.0. The van der Waals surface area contributed by atoms with Crippen molar-refractivity contribution in [1.82, 2.24) is 24.9 Å². The number of nitrogens with two attached hydrogens (primary N) is 1. The summed E-state index contributed by atoms with van der Waals surface area (Å²) in [6, 6.07) is 5.36. The fourth-order valence-corrected chi connectivity index (χ4v) is 5.06. The predicted molar refractivity (Wildman–Crippen MR) is 120 cm³/mol. The minimum atomic E-state index is -0.348. The first-order chi connectivity index (χ1) is 16.0. The van der Waals surface area contributed by atoms with Crippen molar-refractivity contribution >= 4 is 33.4 Å². The molecule has 4 N–H and O–H groups in total. The number of hydrogen-bond donors (Lipinski definition) is 3. The maximum absolute atomic E-state index is 14.4. The van der Waals surface area contributed by atoms with E-state index in [9.17, 15) is 4.39 Å². The molecule has 10 nitrogen and oxygen atoms in total. The molecule has 1 aliphatic heterocycles. The molecule has 1 saturated carbocycles. The minimum Gasteiger partial charge on any atom is -0.421 e. The molecule has 1 saturated heterocycles. The molecular formula is C22H20FN9O. The molecule has 2 aliphatic rings. The number of nitrogens with zero attached hydrogens (tertiary/aromatic N) is 6. The largest absolute Gasteiger partial charge is 0.421 e. The Morgan fingerprint density at radius 3 is 2.76 bits per heavy atom. The van der Waals surface area contributed by atoms with E-state index in [4.69, 9.17) is 20.7 Å². The van der Waals surface area contributed by atoms with Crippen molar-refractivity contribution in [2.75, 3.05) is 23.8 Å². The van der Waals surface area contributed by atoms with E-state index in [2.05, 4.69) is 30.2 Å². The summed E-state index contributed by atoms with van der Waals surface area (Å²) >= 11 is 0. The number of halogens is 1. The number of ether oxygens (including phenoxy) is 1. The fraction of sp³-hybridized carbons (Fsp3) is 0.318. The fourth-order valence-electron chi connectivity index (χ4n) is 5.06. The van der Waals surface area contributed by atoms with Gasteiger partial charge in [0, 0.05) is 31.1 Å². The van der Waals surface area contributed by atoms with E-state index in [-0.39, 0.29) is 29.7 Å². The molecule has 6 rings (SSSR count). The Bertz CT molecular complexity index is 1430. The zero-order chi connectivity index (χ0) is 22.7. The number of nitriles is 1. The van der Waals surface area contributed by atoms with Crippen LogP contribution in [0.5, 0.6) is 11.8 Å². The predicted octanol–water partition coefficient (Wildman–Crippen LogP) is 2.67. The topological polar surface area (TPSA) is 142 Å². The highest BCUT2D eigenvalue weighted by atomic mass is 19.1. The van der Waals surface area contributed by atoms with Gasteiger partial charge in [-0.25, -0.2) is 14.4 Å². The lowest BCUT2D eigenvalue weighted by molar-refractivity contribution is 0.436. The third-order valence-corrected chi connectivity index (χ3v) is 6.56. The first-order valence-corrected chi connectivity index (χ1v) is 10.7. The van der Waals surface area contributed by atoms with Crippen LogP contribution in [-0.2, 0) is 0 Å². The van der Waals surface area contributed by atoms with Crippen LogP contribution < -0.4 is 20.7 Å². The number of anilines is 2. The molecule has 3 aromatic heterocycles. The van der Waals surface area contributed by atoms with Crippen molar-refractivity contribution in [2.24, 2.45) is 11.7 Å². The molecule has 0 spiro atoms. The van der Waals surface area contributed by atoms with Crippen LogP contribution in [0.2, 0.25) is 0 Å². The molecular weight excluding hydrogens is 425 g/mol. The van der Waals surface area contributed by atoms with Crippen LogP contribution in [0, 0.1) is 23.1 Å². The molecule has 4 heterocycles. The Morgan fingerprint density at radius 1 is 1.27 bits per heavy atom. The van der Waals surface area contributed by atoms with Crippen LogP contribution in [0.25, 0.3) is 21.9 Å². The first-order valence-electron chi connectivity index (χ1n) is 10.7. The minimum absolute atomic E-state index is 0.0427. The number of aromatic nitrogens is 5. The normalized spacial score (nSPS) is 21.6. The van der Waals surface area contributed by atoms with E-state index in [1.165, 1.54) is 24.5 Å². The number of H-pyrrole nitrogens is 1. The average Bonchev–Trinajstić information content (AvgIpc) is 3.50. The van der Waals surface area contributed by atoms with Crippen molar-refractivity contribution in [1.29, 1.82) is 5.26 Å². The summed E-state index contributed by atoms with van der Waals surface area (Å²) in [5, 5.41) is 13.4. The number of benzene rings is 1. The van der Waals surface area contributed by atoms with Gasteiger partial charge in [0.2, 0.25) is 5.82 Å². The number of hydrogen-bond acceptors (Lipinski definition) is 9. The number of piperidine rings is 1. The highest BCUT2D eigenvalue weighted by molar-refractivity contribution is 6.14. The number of aromatic amines is 1. The third-order valence-electron chi connectivity index (χ3n) is 6.56. The highest BCUT2D eigenvalue weighted by Gasteiger charge is 2.44. The summed E-state index contributed by atoms with van der Waals surface area (Å²) in [4.78, 5) is 22.7. The van der Waals surface area contributed by atoms with E-state index >= 15 is 0 Å². The second-order valence-electron chi connectivity index (χ2n) is 8.46. The van der Waals surface area contributed by atoms with Gasteiger partial charge in [-0.05, 0) is 30.9 Å². The van der Waals surface area contributed by atoms with Crippen LogP contribution in [0.3, 0.4) is 0 Å². The molecule has 2 bridgehead atoms. The summed E-state index contributed by atoms with van der Waals surface area (Å²) in [5.41, 5.74) is 8.17. The van der Waals surface area contributed by atoms with Crippen molar-refractivity contribution in [3.63, 3.8) is 0 Å². The molecule has 3 atom stereocenters. The lowest BCUT2D eigenvalue weighted by Crippen LogP contribution is -2.41. The van der Waals surface area contributed by atoms with Crippen molar-refractivity contribution in [3.05, 3.63) is 36.2 Å². The van der Waals surface area contributed by atoms with Gasteiger partial charge in [-0.2, -0.15) is 15.2 Å².